The third-order valence-corrected chi connectivity index (χ3v) is 5.48. The van der Waals surface area contributed by atoms with Crippen molar-refractivity contribution in [2.75, 3.05) is 0 Å². The van der Waals surface area contributed by atoms with Gasteiger partial charge in [-0.15, -0.1) is 0 Å². The molecule has 0 atom stereocenters. The second kappa shape index (κ2) is 7.64. The number of halogens is 2. The van der Waals surface area contributed by atoms with Crippen LogP contribution < -0.4 is 5.32 Å². The Bertz CT molecular complexity index is 1070. The number of amidine groups is 1. The minimum atomic E-state index is -0.214. The molecule has 1 aliphatic heterocycles. The van der Waals surface area contributed by atoms with Crippen LogP contribution in [0.25, 0.3) is 17.4 Å². The topological polar surface area (TPSA) is 54.6 Å². The number of nitrogens with one attached hydrogen (secondary N) is 1. The van der Waals surface area contributed by atoms with Gasteiger partial charge in [-0.05, 0) is 48.2 Å². The van der Waals surface area contributed by atoms with E-state index in [1.165, 1.54) is 11.8 Å². The summed E-state index contributed by atoms with van der Waals surface area (Å²) in [6.45, 7) is 0. The highest BCUT2D eigenvalue weighted by molar-refractivity contribution is 8.18. The maximum atomic E-state index is 12.2. The summed E-state index contributed by atoms with van der Waals surface area (Å²) in [5.41, 5.74) is 1.47. The summed E-state index contributed by atoms with van der Waals surface area (Å²) < 4.78 is 5.82. The van der Waals surface area contributed by atoms with Crippen LogP contribution in [0, 0.1) is 0 Å². The van der Waals surface area contributed by atoms with E-state index < -0.39 is 0 Å². The van der Waals surface area contributed by atoms with Crippen molar-refractivity contribution in [3.8, 4) is 11.3 Å². The molecule has 2 heterocycles. The number of hydrogen-bond donors (Lipinski definition) is 1. The molecule has 0 spiro atoms. The van der Waals surface area contributed by atoms with E-state index in [0.29, 0.717) is 37.2 Å². The van der Waals surface area contributed by atoms with Crippen molar-refractivity contribution in [3.63, 3.8) is 0 Å². The first-order valence-corrected chi connectivity index (χ1v) is 9.56. The highest BCUT2D eigenvalue weighted by Gasteiger charge is 2.24. The second-order valence-corrected chi connectivity index (χ2v) is 7.44. The van der Waals surface area contributed by atoms with Crippen LogP contribution in [0.5, 0.6) is 0 Å². The van der Waals surface area contributed by atoms with E-state index in [4.69, 9.17) is 27.6 Å². The normalized spacial score (nSPS) is 16.9. The van der Waals surface area contributed by atoms with Gasteiger partial charge in [0.25, 0.3) is 5.91 Å². The highest BCUT2D eigenvalue weighted by Crippen LogP contribution is 2.35. The molecule has 0 unspecified atom stereocenters. The fourth-order valence-corrected chi connectivity index (χ4v) is 3.71. The molecule has 1 saturated heterocycles. The van der Waals surface area contributed by atoms with E-state index in [-0.39, 0.29) is 5.91 Å². The van der Waals surface area contributed by atoms with E-state index in [1.54, 1.807) is 30.3 Å². The molecule has 1 aromatic heterocycles. The van der Waals surface area contributed by atoms with Gasteiger partial charge in [-0.1, -0.05) is 47.5 Å². The molecule has 2 aromatic carbocycles. The zero-order chi connectivity index (χ0) is 18.8. The van der Waals surface area contributed by atoms with Crippen molar-refractivity contribution in [1.29, 1.82) is 0 Å². The molecule has 4 nitrogen and oxygen atoms in total. The second-order valence-electron chi connectivity index (χ2n) is 5.62. The Morgan fingerprint density at radius 3 is 2.63 bits per heavy atom. The number of benzene rings is 2. The van der Waals surface area contributed by atoms with Gasteiger partial charge in [0.2, 0.25) is 0 Å². The minimum Gasteiger partial charge on any atom is -0.457 e. The number of hydrogen-bond acceptors (Lipinski definition) is 4. The lowest BCUT2D eigenvalue weighted by Gasteiger charge is -2.01. The molecule has 1 aliphatic rings. The van der Waals surface area contributed by atoms with Crippen LogP contribution in [0.4, 0.5) is 5.69 Å². The first-order chi connectivity index (χ1) is 13.1. The first-order valence-electron chi connectivity index (χ1n) is 7.99. The molecule has 0 bridgehead atoms. The largest absolute Gasteiger partial charge is 0.457 e. The Morgan fingerprint density at radius 1 is 1.00 bits per heavy atom. The van der Waals surface area contributed by atoms with E-state index in [9.17, 15) is 4.79 Å². The van der Waals surface area contributed by atoms with Crippen molar-refractivity contribution in [2.45, 2.75) is 0 Å². The lowest BCUT2D eigenvalue weighted by Crippen LogP contribution is -2.19. The summed E-state index contributed by atoms with van der Waals surface area (Å²) in [6, 6.07) is 18.3. The zero-order valence-corrected chi connectivity index (χ0v) is 16.1. The summed E-state index contributed by atoms with van der Waals surface area (Å²) in [5, 5.41) is 4.17. The predicted octanol–water partition coefficient (Wildman–Crippen LogP) is 6.15. The lowest BCUT2D eigenvalue weighted by molar-refractivity contribution is -0.115. The molecule has 0 aliphatic carbocycles. The number of thioether (sulfide) groups is 1. The summed E-state index contributed by atoms with van der Waals surface area (Å²) in [7, 11) is 0. The van der Waals surface area contributed by atoms with Gasteiger partial charge in [-0.3, -0.25) is 4.79 Å². The van der Waals surface area contributed by atoms with Crippen LogP contribution >= 0.6 is 35.0 Å². The number of carbonyl (C=O) groups is 1. The standard InChI is InChI=1S/C20H12Cl2N2O2S/c21-15-8-4-7-14(18(15)22)16-10-9-13(26-16)11-17-19(25)24-20(27-17)23-12-5-2-1-3-6-12/h1-11H,(H,23,24,25). The molecular weight excluding hydrogens is 403 g/mol. The third kappa shape index (κ3) is 3.95. The monoisotopic (exact) mass is 414 g/mol. The van der Waals surface area contributed by atoms with Gasteiger partial charge in [0, 0.05) is 11.6 Å². The molecule has 27 heavy (non-hydrogen) atoms. The van der Waals surface area contributed by atoms with Gasteiger partial charge in [-0.25, -0.2) is 4.99 Å². The van der Waals surface area contributed by atoms with Crippen molar-refractivity contribution < 1.29 is 9.21 Å². The van der Waals surface area contributed by atoms with Crippen molar-refractivity contribution in [2.24, 2.45) is 4.99 Å². The number of para-hydroxylation sites is 1. The highest BCUT2D eigenvalue weighted by atomic mass is 35.5. The van der Waals surface area contributed by atoms with Gasteiger partial charge in [0.1, 0.15) is 11.5 Å². The lowest BCUT2D eigenvalue weighted by atomic mass is 10.2. The third-order valence-electron chi connectivity index (χ3n) is 3.75. The fraction of sp³-hybridized carbons (Fsp3) is 0. The molecule has 3 aromatic rings. The molecular formula is C20H12Cl2N2O2S. The average molecular weight is 415 g/mol. The van der Waals surface area contributed by atoms with Crippen LogP contribution in [0.3, 0.4) is 0 Å². The van der Waals surface area contributed by atoms with Gasteiger partial charge in [0.05, 0.1) is 20.6 Å². The van der Waals surface area contributed by atoms with Gasteiger partial charge in [-0.2, -0.15) is 0 Å². The number of rotatable bonds is 3. The first kappa shape index (κ1) is 17.9. The number of furan rings is 1. The van der Waals surface area contributed by atoms with Crippen LogP contribution in [-0.2, 0) is 4.79 Å². The number of amides is 1. The summed E-state index contributed by atoms with van der Waals surface area (Å²) in [5.74, 6) is 0.906. The molecule has 0 radical (unpaired) electrons. The predicted molar refractivity (Wildman–Crippen MR) is 111 cm³/mol. The van der Waals surface area contributed by atoms with Crippen LogP contribution in [0.2, 0.25) is 10.0 Å². The van der Waals surface area contributed by atoms with Crippen molar-refractivity contribution >= 4 is 57.8 Å². The van der Waals surface area contributed by atoms with E-state index in [1.807, 2.05) is 36.4 Å². The van der Waals surface area contributed by atoms with Crippen LogP contribution in [0.15, 0.2) is 75.0 Å². The molecule has 7 heteroatoms. The van der Waals surface area contributed by atoms with Gasteiger partial charge < -0.3 is 9.73 Å². The van der Waals surface area contributed by atoms with E-state index >= 15 is 0 Å². The molecule has 0 saturated carbocycles. The minimum absolute atomic E-state index is 0.214. The fourth-order valence-electron chi connectivity index (χ4n) is 2.50. The molecule has 1 amide bonds. The van der Waals surface area contributed by atoms with Crippen molar-refractivity contribution in [1.82, 2.24) is 5.32 Å². The SMILES string of the molecule is O=C1NC(=Nc2ccccc2)SC1=Cc1ccc(-c2cccc(Cl)c2Cl)o1. The Kier molecular flexibility index (Phi) is 5.07. The maximum Gasteiger partial charge on any atom is 0.264 e. The van der Waals surface area contributed by atoms with Gasteiger partial charge in [0.15, 0.2) is 5.17 Å². The Hall–Kier alpha value is -2.47. The molecule has 4 rings (SSSR count). The summed E-state index contributed by atoms with van der Waals surface area (Å²) in [4.78, 5) is 17.1. The van der Waals surface area contributed by atoms with E-state index in [0.717, 1.165) is 5.69 Å². The number of carbonyl (C=O) groups excluding carboxylic acids is 1. The average Bonchev–Trinajstić information content (AvgIpc) is 3.25. The summed E-state index contributed by atoms with van der Waals surface area (Å²) in [6.07, 6.45) is 1.68. The van der Waals surface area contributed by atoms with E-state index in [2.05, 4.69) is 10.3 Å². The summed E-state index contributed by atoms with van der Waals surface area (Å²) >= 11 is 13.6. The maximum absolute atomic E-state index is 12.2. The molecule has 1 N–H and O–H groups in total. The Morgan fingerprint density at radius 2 is 1.81 bits per heavy atom. The zero-order valence-electron chi connectivity index (χ0n) is 13.8. The smallest absolute Gasteiger partial charge is 0.264 e. The number of aliphatic imine (C=N–C) groups is 1. The Labute approximate surface area is 169 Å². The van der Waals surface area contributed by atoms with Crippen LogP contribution in [-0.4, -0.2) is 11.1 Å². The molecule has 134 valence electrons. The van der Waals surface area contributed by atoms with Gasteiger partial charge >= 0.3 is 0 Å². The number of nitrogens with zero attached hydrogens (tertiary/aromatic N) is 1. The Balaban J connectivity index is 1.58. The molecule has 1 fully saturated rings. The van der Waals surface area contributed by atoms with Crippen LogP contribution in [0.1, 0.15) is 5.76 Å². The van der Waals surface area contributed by atoms with Crippen molar-refractivity contribution in [3.05, 3.63) is 81.4 Å². The quantitative estimate of drug-likeness (QED) is 0.523.